The number of aryl methyl sites for hydroxylation is 2. The van der Waals surface area contributed by atoms with Gasteiger partial charge in [0.2, 0.25) is 0 Å². The second kappa shape index (κ2) is 5.58. The zero-order valence-electron chi connectivity index (χ0n) is 11.5. The highest BCUT2D eigenvalue weighted by Crippen LogP contribution is 2.22. The van der Waals surface area contributed by atoms with Crippen LogP contribution in [0.3, 0.4) is 0 Å². The first-order chi connectivity index (χ1) is 9.31. The molecule has 2 aromatic carbocycles. The summed E-state index contributed by atoms with van der Waals surface area (Å²) < 4.78 is 0. The smallest absolute Gasteiger partial charge is 0.0208 e. The topological polar surface area (TPSA) is 12.0 Å². The first kappa shape index (κ1) is 12.4. The van der Waals surface area contributed by atoms with E-state index in [1.807, 2.05) is 0 Å². The van der Waals surface area contributed by atoms with Crippen LogP contribution in [0.1, 0.15) is 28.7 Å². The van der Waals surface area contributed by atoms with E-state index in [-0.39, 0.29) is 0 Å². The molecular weight excluding hydrogens is 230 g/mol. The van der Waals surface area contributed by atoms with Gasteiger partial charge >= 0.3 is 0 Å². The summed E-state index contributed by atoms with van der Waals surface area (Å²) in [5.41, 5.74) is 5.84. The van der Waals surface area contributed by atoms with Gasteiger partial charge in [0.05, 0.1) is 0 Å². The fourth-order valence-electron chi connectivity index (χ4n) is 2.92. The largest absolute Gasteiger partial charge is 0.310 e. The van der Waals surface area contributed by atoms with Crippen LogP contribution in [0.2, 0.25) is 0 Å². The van der Waals surface area contributed by atoms with E-state index >= 15 is 0 Å². The summed E-state index contributed by atoms with van der Waals surface area (Å²) in [6, 6.07) is 18.2. The fraction of sp³-hybridized carbons (Fsp3) is 0.333. The second-order valence-electron chi connectivity index (χ2n) is 5.58. The normalized spacial score (nSPS) is 18.1. The molecule has 1 heteroatoms. The third-order valence-corrected chi connectivity index (χ3v) is 4.03. The molecular formula is C18H21N. The quantitative estimate of drug-likeness (QED) is 0.878. The van der Waals surface area contributed by atoms with Crippen molar-refractivity contribution in [2.45, 2.75) is 38.8 Å². The van der Waals surface area contributed by atoms with E-state index in [1.165, 1.54) is 36.0 Å². The summed E-state index contributed by atoms with van der Waals surface area (Å²) in [5.74, 6) is 0. The molecule has 0 aliphatic heterocycles. The molecule has 98 valence electrons. The second-order valence-corrected chi connectivity index (χ2v) is 5.58. The molecule has 3 rings (SSSR count). The number of benzene rings is 2. The molecule has 0 spiro atoms. The third kappa shape index (κ3) is 3.05. The first-order valence-corrected chi connectivity index (χ1v) is 7.17. The molecule has 19 heavy (non-hydrogen) atoms. The summed E-state index contributed by atoms with van der Waals surface area (Å²) in [6.45, 7) is 3.16. The van der Waals surface area contributed by atoms with E-state index in [4.69, 9.17) is 0 Å². The maximum absolute atomic E-state index is 3.69. The molecule has 0 amide bonds. The molecule has 1 aliphatic rings. The maximum Gasteiger partial charge on any atom is 0.0208 e. The van der Waals surface area contributed by atoms with Crippen molar-refractivity contribution in [3.05, 3.63) is 70.8 Å². The molecule has 0 saturated carbocycles. The van der Waals surface area contributed by atoms with Gasteiger partial charge in [-0.05, 0) is 42.9 Å². The van der Waals surface area contributed by atoms with Crippen molar-refractivity contribution in [1.29, 1.82) is 0 Å². The van der Waals surface area contributed by atoms with Gasteiger partial charge in [0.25, 0.3) is 0 Å². The highest BCUT2D eigenvalue weighted by Gasteiger charge is 2.17. The predicted octanol–water partition coefficient (Wildman–Crippen LogP) is 3.64. The minimum absolute atomic E-state index is 0.621. The Morgan fingerprint density at radius 3 is 2.74 bits per heavy atom. The lowest BCUT2D eigenvalue weighted by molar-refractivity contribution is 0.457. The molecule has 0 unspecified atom stereocenters. The van der Waals surface area contributed by atoms with Crippen molar-refractivity contribution in [1.82, 2.24) is 5.32 Å². The minimum Gasteiger partial charge on any atom is -0.310 e. The van der Waals surface area contributed by atoms with Crippen LogP contribution in [-0.2, 0) is 19.4 Å². The molecule has 0 fully saturated rings. The van der Waals surface area contributed by atoms with Crippen LogP contribution in [0.4, 0.5) is 0 Å². The van der Waals surface area contributed by atoms with Gasteiger partial charge < -0.3 is 5.32 Å². The summed E-state index contributed by atoms with van der Waals surface area (Å²) >= 11 is 0. The van der Waals surface area contributed by atoms with Crippen LogP contribution < -0.4 is 5.32 Å². The van der Waals surface area contributed by atoms with Crippen molar-refractivity contribution in [2.24, 2.45) is 0 Å². The number of hydrogen-bond acceptors (Lipinski definition) is 1. The van der Waals surface area contributed by atoms with Crippen molar-refractivity contribution < 1.29 is 0 Å². The van der Waals surface area contributed by atoms with E-state index in [0.717, 1.165) is 6.54 Å². The van der Waals surface area contributed by atoms with Crippen molar-refractivity contribution in [3.63, 3.8) is 0 Å². The fourth-order valence-corrected chi connectivity index (χ4v) is 2.92. The minimum atomic E-state index is 0.621. The van der Waals surface area contributed by atoms with Gasteiger partial charge in [-0.25, -0.2) is 0 Å². The number of rotatable bonds is 3. The van der Waals surface area contributed by atoms with Crippen LogP contribution in [0, 0.1) is 6.92 Å². The number of fused-ring (bicyclic) bond motifs is 1. The first-order valence-electron chi connectivity index (χ1n) is 7.17. The van der Waals surface area contributed by atoms with Crippen molar-refractivity contribution >= 4 is 0 Å². The van der Waals surface area contributed by atoms with Gasteiger partial charge in [-0.3, -0.25) is 0 Å². The Labute approximate surface area is 115 Å². The molecule has 0 radical (unpaired) electrons. The molecule has 1 N–H and O–H groups in total. The van der Waals surface area contributed by atoms with E-state index in [0.29, 0.717) is 6.04 Å². The van der Waals surface area contributed by atoms with Gasteiger partial charge in [0.1, 0.15) is 0 Å². The average molecular weight is 251 g/mol. The Morgan fingerprint density at radius 2 is 1.89 bits per heavy atom. The van der Waals surface area contributed by atoms with Crippen LogP contribution in [-0.4, -0.2) is 6.04 Å². The molecule has 1 nitrogen and oxygen atoms in total. The highest BCUT2D eigenvalue weighted by atomic mass is 14.9. The average Bonchev–Trinajstić information content (AvgIpc) is 2.46. The number of nitrogens with one attached hydrogen (secondary N) is 1. The van der Waals surface area contributed by atoms with E-state index in [1.54, 1.807) is 5.56 Å². The van der Waals surface area contributed by atoms with Crippen LogP contribution >= 0.6 is 0 Å². The van der Waals surface area contributed by atoms with E-state index in [9.17, 15) is 0 Å². The van der Waals surface area contributed by atoms with Crippen molar-refractivity contribution in [2.75, 3.05) is 0 Å². The van der Waals surface area contributed by atoms with Gasteiger partial charge in [0.15, 0.2) is 0 Å². The Hall–Kier alpha value is -1.60. The van der Waals surface area contributed by atoms with Crippen molar-refractivity contribution in [3.8, 4) is 0 Å². The van der Waals surface area contributed by atoms with E-state index in [2.05, 4.69) is 60.8 Å². The monoisotopic (exact) mass is 251 g/mol. The lowest BCUT2D eigenvalue weighted by Gasteiger charge is -2.26. The van der Waals surface area contributed by atoms with Gasteiger partial charge in [-0.1, -0.05) is 54.1 Å². The third-order valence-electron chi connectivity index (χ3n) is 4.03. The maximum atomic E-state index is 3.69. The number of hydrogen-bond donors (Lipinski definition) is 1. The van der Waals surface area contributed by atoms with Crippen LogP contribution in [0.25, 0.3) is 0 Å². The summed E-state index contributed by atoms with van der Waals surface area (Å²) in [4.78, 5) is 0. The molecule has 2 aromatic rings. The Bertz CT molecular complexity index is 545. The lowest BCUT2D eigenvalue weighted by Crippen LogP contribution is -2.34. The highest BCUT2D eigenvalue weighted by molar-refractivity contribution is 5.34. The summed E-state index contributed by atoms with van der Waals surface area (Å²) in [6.07, 6.45) is 3.63. The van der Waals surface area contributed by atoms with Gasteiger partial charge in [-0.15, -0.1) is 0 Å². The standard InChI is InChI=1S/C18H21N/c1-14-7-8-17-12-18(10-9-16(17)11-14)19-13-15-5-3-2-4-6-15/h2-8,11,18-19H,9-10,12-13H2,1H3/t18-/m0/s1. The summed E-state index contributed by atoms with van der Waals surface area (Å²) in [5, 5.41) is 3.69. The molecule has 1 aliphatic carbocycles. The molecule has 0 saturated heterocycles. The lowest BCUT2D eigenvalue weighted by atomic mass is 9.87. The van der Waals surface area contributed by atoms with Gasteiger partial charge in [0, 0.05) is 12.6 Å². The molecule has 1 atom stereocenters. The Balaban J connectivity index is 1.61. The molecule has 0 aromatic heterocycles. The molecule has 0 bridgehead atoms. The summed E-state index contributed by atoms with van der Waals surface area (Å²) in [7, 11) is 0. The van der Waals surface area contributed by atoms with Crippen LogP contribution in [0.15, 0.2) is 48.5 Å². The molecule has 0 heterocycles. The predicted molar refractivity (Wildman–Crippen MR) is 80.3 cm³/mol. The van der Waals surface area contributed by atoms with E-state index < -0.39 is 0 Å². The zero-order chi connectivity index (χ0) is 13.1. The van der Waals surface area contributed by atoms with Crippen LogP contribution in [0.5, 0.6) is 0 Å². The zero-order valence-corrected chi connectivity index (χ0v) is 11.5. The van der Waals surface area contributed by atoms with Gasteiger partial charge in [-0.2, -0.15) is 0 Å². The Kier molecular flexibility index (Phi) is 3.65. The SMILES string of the molecule is Cc1ccc2c(c1)CC[C@H](NCc1ccccc1)C2. The Morgan fingerprint density at radius 1 is 1.05 bits per heavy atom.